The van der Waals surface area contributed by atoms with Gasteiger partial charge < -0.3 is 39.1 Å². The molecule has 4 aromatic carbocycles. The number of benzene rings is 4. The molecule has 4 aromatic rings. The van der Waals surface area contributed by atoms with E-state index in [0.717, 1.165) is 78.2 Å². The van der Waals surface area contributed by atoms with Gasteiger partial charge in [-0.15, -0.1) is 0 Å². The zero-order chi connectivity index (χ0) is 38.8. The van der Waals surface area contributed by atoms with E-state index >= 15 is 0 Å². The minimum atomic E-state index is 0.0142. The zero-order valence-electron chi connectivity index (χ0n) is 33.3. The fourth-order valence-electron chi connectivity index (χ4n) is 7.59. The topological polar surface area (TPSA) is 96.5 Å². The van der Waals surface area contributed by atoms with Crippen LogP contribution < -0.4 is 29.6 Å². The Labute approximate surface area is 333 Å². The molecule has 56 heavy (non-hydrogen) atoms. The van der Waals surface area contributed by atoms with Crippen LogP contribution in [0.4, 0.5) is 0 Å². The van der Waals surface area contributed by atoms with Crippen LogP contribution in [0.5, 0.6) is 23.0 Å². The lowest BCUT2D eigenvalue weighted by atomic mass is 9.68. The number of nitrogens with one attached hydrogen (secondary N) is 2. The Morgan fingerprint density at radius 3 is 1.95 bits per heavy atom. The van der Waals surface area contributed by atoms with E-state index in [1.165, 1.54) is 18.4 Å². The number of ether oxygens (including phenoxy) is 6. The largest absolute Gasteiger partial charge is 0.493 e. The van der Waals surface area contributed by atoms with E-state index in [-0.39, 0.29) is 23.3 Å². The molecule has 2 aliphatic carbocycles. The lowest BCUT2D eigenvalue weighted by molar-refractivity contribution is -0.126. The first-order valence-corrected chi connectivity index (χ1v) is 20.4. The van der Waals surface area contributed by atoms with Gasteiger partial charge in [0.05, 0.1) is 39.6 Å². The fraction of sp³-hybridized carbons (Fsp3) is 0.468. The van der Waals surface area contributed by atoms with Crippen molar-refractivity contribution in [2.75, 3.05) is 46.6 Å². The van der Waals surface area contributed by atoms with Crippen LogP contribution in [0.1, 0.15) is 80.5 Å². The standard InChI is InChI=1S/C47H60N2O7/c1-47(40-18-20-42(51-2)45(32-40)56-41-15-9-10-16-41)23-21-39(22-24-47)46(50)49-26-28-53-30-29-52-27-25-48-33-38-17-19-43(54-34-36-11-5-3-6-12-36)44(31-38)55-35-37-13-7-4-8-14-37/h3-8,11-14,17-20,31-32,39,41,48H,9-10,15-16,21-30,33-35H2,1-2H3,(H,49,50)/t39-,47-. The van der Waals surface area contributed by atoms with E-state index in [0.29, 0.717) is 59.3 Å². The summed E-state index contributed by atoms with van der Waals surface area (Å²) in [5.74, 6) is 3.25. The highest BCUT2D eigenvalue weighted by Crippen LogP contribution is 2.44. The van der Waals surface area contributed by atoms with Gasteiger partial charge in [-0.3, -0.25) is 4.79 Å². The van der Waals surface area contributed by atoms with Gasteiger partial charge in [0.2, 0.25) is 5.91 Å². The van der Waals surface area contributed by atoms with Crippen molar-refractivity contribution in [3.63, 3.8) is 0 Å². The van der Waals surface area contributed by atoms with Gasteiger partial charge in [-0.05, 0) is 103 Å². The summed E-state index contributed by atoms with van der Waals surface area (Å²) in [6.07, 6.45) is 8.61. The molecule has 0 aromatic heterocycles. The van der Waals surface area contributed by atoms with Crippen molar-refractivity contribution in [2.45, 2.75) is 89.6 Å². The van der Waals surface area contributed by atoms with Crippen molar-refractivity contribution < 1.29 is 33.2 Å². The Morgan fingerprint density at radius 1 is 0.661 bits per heavy atom. The van der Waals surface area contributed by atoms with Gasteiger partial charge in [0.15, 0.2) is 23.0 Å². The van der Waals surface area contributed by atoms with Gasteiger partial charge >= 0.3 is 0 Å². The molecule has 2 aliphatic rings. The summed E-state index contributed by atoms with van der Waals surface area (Å²) >= 11 is 0. The molecule has 0 radical (unpaired) electrons. The Bertz CT molecular complexity index is 1760. The van der Waals surface area contributed by atoms with E-state index in [2.05, 4.69) is 60.0 Å². The van der Waals surface area contributed by atoms with E-state index in [1.54, 1.807) is 7.11 Å². The van der Waals surface area contributed by atoms with Gasteiger partial charge in [0, 0.05) is 25.6 Å². The zero-order valence-corrected chi connectivity index (χ0v) is 33.3. The minimum absolute atomic E-state index is 0.0142. The molecule has 0 spiro atoms. The van der Waals surface area contributed by atoms with Crippen molar-refractivity contribution in [1.82, 2.24) is 10.6 Å². The average Bonchev–Trinajstić information content (AvgIpc) is 3.75. The maximum absolute atomic E-state index is 13.0. The predicted octanol–water partition coefficient (Wildman–Crippen LogP) is 8.56. The third kappa shape index (κ3) is 12.5. The summed E-state index contributed by atoms with van der Waals surface area (Å²) in [4.78, 5) is 13.0. The third-order valence-corrected chi connectivity index (χ3v) is 11.1. The van der Waals surface area contributed by atoms with Gasteiger partial charge in [-0.2, -0.15) is 0 Å². The van der Waals surface area contributed by atoms with Crippen LogP contribution >= 0.6 is 0 Å². The summed E-state index contributed by atoms with van der Waals surface area (Å²) in [5.41, 5.74) is 4.59. The number of hydrogen-bond acceptors (Lipinski definition) is 8. The predicted molar refractivity (Wildman–Crippen MR) is 220 cm³/mol. The second-order valence-electron chi connectivity index (χ2n) is 15.2. The molecule has 0 heterocycles. The van der Waals surface area contributed by atoms with Gasteiger partial charge in [-0.25, -0.2) is 0 Å². The molecule has 2 saturated carbocycles. The molecule has 2 fully saturated rings. The van der Waals surface area contributed by atoms with Crippen molar-refractivity contribution in [1.29, 1.82) is 0 Å². The number of amides is 1. The molecule has 2 N–H and O–H groups in total. The average molecular weight is 765 g/mol. The highest BCUT2D eigenvalue weighted by molar-refractivity contribution is 5.78. The van der Waals surface area contributed by atoms with Crippen LogP contribution in [-0.2, 0) is 39.4 Å². The Kier molecular flexibility index (Phi) is 15.9. The molecule has 0 atom stereocenters. The van der Waals surface area contributed by atoms with Crippen molar-refractivity contribution in [2.24, 2.45) is 5.92 Å². The van der Waals surface area contributed by atoms with Crippen LogP contribution in [0.3, 0.4) is 0 Å². The molecule has 0 unspecified atom stereocenters. The molecule has 6 rings (SSSR count). The second-order valence-corrected chi connectivity index (χ2v) is 15.2. The van der Waals surface area contributed by atoms with Crippen LogP contribution in [0.2, 0.25) is 0 Å². The first-order chi connectivity index (χ1) is 27.5. The molecule has 9 nitrogen and oxygen atoms in total. The number of rotatable bonds is 22. The molecular weight excluding hydrogens is 705 g/mol. The molecule has 0 aliphatic heterocycles. The minimum Gasteiger partial charge on any atom is -0.493 e. The van der Waals surface area contributed by atoms with Gasteiger partial charge in [-0.1, -0.05) is 79.7 Å². The first-order valence-electron chi connectivity index (χ1n) is 20.4. The maximum atomic E-state index is 13.0. The van der Waals surface area contributed by atoms with E-state index < -0.39 is 0 Å². The Hall–Kier alpha value is -4.57. The molecule has 1 amide bonds. The number of methoxy groups -OCH3 is 1. The number of carbonyl (C=O) groups is 1. The fourth-order valence-corrected chi connectivity index (χ4v) is 7.59. The Morgan fingerprint density at radius 2 is 1.29 bits per heavy atom. The van der Waals surface area contributed by atoms with Crippen molar-refractivity contribution in [3.8, 4) is 23.0 Å². The van der Waals surface area contributed by atoms with Crippen molar-refractivity contribution in [3.05, 3.63) is 119 Å². The smallest absolute Gasteiger partial charge is 0.223 e. The van der Waals surface area contributed by atoms with Crippen molar-refractivity contribution >= 4 is 5.91 Å². The lowest BCUT2D eigenvalue weighted by Gasteiger charge is -2.37. The summed E-state index contributed by atoms with van der Waals surface area (Å²) < 4.78 is 35.9. The molecule has 9 heteroatoms. The lowest BCUT2D eigenvalue weighted by Crippen LogP contribution is -2.38. The highest BCUT2D eigenvalue weighted by Gasteiger charge is 2.36. The van der Waals surface area contributed by atoms with E-state index in [9.17, 15) is 4.79 Å². The number of hydrogen-bond donors (Lipinski definition) is 2. The summed E-state index contributed by atoms with van der Waals surface area (Å²) in [6, 6.07) is 32.7. The maximum Gasteiger partial charge on any atom is 0.223 e. The highest BCUT2D eigenvalue weighted by atomic mass is 16.5. The Balaban J connectivity index is 0.827. The second kappa shape index (κ2) is 21.7. The normalized spacial score (nSPS) is 18.4. The van der Waals surface area contributed by atoms with Crippen LogP contribution in [0, 0.1) is 5.92 Å². The first kappa shape index (κ1) is 41.1. The van der Waals surface area contributed by atoms with Crippen LogP contribution in [0.25, 0.3) is 0 Å². The SMILES string of the molecule is COc1ccc([C@]2(C)CC[C@@H](C(=O)NCCOCCOCCNCc3ccc(OCc4ccccc4)c(OCc4ccccc4)c3)CC2)cc1OC1CCCC1. The quantitative estimate of drug-likeness (QED) is 0.0770. The molecule has 0 saturated heterocycles. The number of carbonyl (C=O) groups excluding carboxylic acids is 1. The van der Waals surface area contributed by atoms with Crippen LogP contribution in [0.15, 0.2) is 97.1 Å². The summed E-state index contributed by atoms with van der Waals surface area (Å²) in [5, 5.41) is 6.54. The van der Waals surface area contributed by atoms with E-state index in [1.807, 2.05) is 54.6 Å². The third-order valence-electron chi connectivity index (χ3n) is 11.1. The molecule has 300 valence electrons. The van der Waals surface area contributed by atoms with Crippen LogP contribution in [-0.4, -0.2) is 58.6 Å². The summed E-state index contributed by atoms with van der Waals surface area (Å²) in [6.45, 7) is 7.16. The van der Waals surface area contributed by atoms with E-state index in [4.69, 9.17) is 28.4 Å². The monoisotopic (exact) mass is 764 g/mol. The van der Waals surface area contributed by atoms with Gasteiger partial charge in [0.1, 0.15) is 13.2 Å². The summed E-state index contributed by atoms with van der Waals surface area (Å²) in [7, 11) is 1.70. The molecular formula is C47H60N2O7. The molecule has 0 bridgehead atoms. The van der Waals surface area contributed by atoms with Gasteiger partial charge in [0.25, 0.3) is 0 Å².